The molecule has 0 saturated carbocycles. The van der Waals surface area contributed by atoms with E-state index in [1.165, 1.54) is 0 Å². The summed E-state index contributed by atoms with van der Waals surface area (Å²) in [6.45, 7) is 4.29. The number of carbonyl (C=O) groups is 4. The molecular weight excluding hydrogens is 666 g/mol. The number of aliphatic carboxylic acids is 1. The molecule has 1 unspecified atom stereocenters. The molecule has 2 aromatic rings. The first-order valence-corrected chi connectivity index (χ1v) is 17.2. The van der Waals surface area contributed by atoms with E-state index in [0.29, 0.717) is 39.6 Å². The summed E-state index contributed by atoms with van der Waals surface area (Å²) in [5.74, 6) is -2.05. The zero-order chi connectivity index (χ0) is 36.5. The van der Waals surface area contributed by atoms with Gasteiger partial charge < -0.3 is 54.2 Å². The van der Waals surface area contributed by atoms with E-state index in [9.17, 15) is 19.2 Å². The Morgan fingerprint density at radius 1 is 0.667 bits per heavy atom. The first kappa shape index (κ1) is 41.3. The molecule has 282 valence electrons. The van der Waals surface area contributed by atoms with Crippen molar-refractivity contribution in [3.63, 3.8) is 0 Å². The minimum atomic E-state index is -1.08. The Bertz CT molecular complexity index is 1300. The Balaban J connectivity index is 1.19. The van der Waals surface area contributed by atoms with Gasteiger partial charge in [-0.15, -0.1) is 0 Å². The monoisotopic (exact) mass is 717 g/mol. The fourth-order valence-electron chi connectivity index (χ4n) is 5.22. The quantitative estimate of drug-likeness (QED) is 0.0941. The lowest BCUT2D eigenvalue weighted by Crippen LogP contribution is -2.47. The Hall–Kier alpha value is -4.12. The third kappa shape index (κ3) is 16.2. The van der Waals surface area contributed by atoms with Crippen molar-refractivity contribution in [2.24, 2.45) is 0 Å². The maximum absolute atomic E-state index is 12.6. The average Bonchev–Trinajstić information content (AvgIpc) is 3.45. The number of hydrogen-bond donors (Lipinski definition) is 4. The van der Waals surface area contributed by atoms with Crippen LogP contribution in [0.5, 0.6) is 0 Å². The van der Waals surface area contributed by atoms with Crippen LogP contribution in [0.25, 0.3) is 11.1 Å². The van der Waals surface area contributed by atoms with Gasteiger partial charge in [-0.2, -0.15) is 0 Å². The molecule has 0 radical (unpaired) electrons. The number of rotatable bonds is 28. The Kier molecular flexibility index (Phi) is 20.2. The van der Waals surface area contributed by atoms with Crippen molar-refractivity contribution >= 4 is 23.9 Å². The first-order valence-electron chi connectivity index (χ1n) is 17.2. The summed E-state index contributed by atoms with van der Waals surface area (Å²) >= 11 is 0. The number of carboxylic acids is 1. The van der Waals surface area contributed by atoms with Crippen LogP contribution >= 0.6 is 0 Å². The lowest BCUT2D eigenvalue weighted by molar-refractivity contribution is -0.138. The van der Waals surface area contributed by atoms with Crippen LogP contribution in [-0.2, 0) is 47.5 Å². The van der Waals surface area contributed by atoms with E-state index in [-0.39, 0.29) is 77.9 Å². The van der Waals surface area contributed by atoms with E-state index in [4.69, 9.17) is 38.3 Å². The van der Waals surface area contributed by atoms with E-state index in [1.807, 2.05) is 24.3 Å². The van der Waals surface area contributed by atoms with Gasteiger partial charge in [-0.3, -0.25) is 14.4 Å². The molecule has 1 aliphatic carbocycles. The molecule has 15 nitrogen and oxygen atoms in total. The number of hydrogen-bond acceptors (Lipinski definition) is 11. The average molecular weight is 718 g/mol. The standard InChI is InChI=1S/C36H51N3O12/c1-45-18-19-49-24-25-50-23-22-47-16-13-37-35(43)32(10-11-34(41)42)39-33(40)12-15-46-20-21-48-17-14-38-36(44)51-26-31-29-8-4-2-6-27(29)28-7-3-5-9-30(28)31/h2-9,31-32H,10-26H2,1H3,(H,37,43)(H,38,44)(H,39,40)(H,41,42). The van der Waals surface area contributed by atoms with E-state index in [1.54, 1.807) is 7.11 Å². The molecule has 51 heavy (non-hydrogen) atoms. The van der Waals surface area contributed by atoms with Gasteiger partial charge in [0.25, 0.3) is 0 Å². The van der Waals surface area contributed by atoms with Crippen LogP contribution in [0.3, 0.4) is 0 Å². The zero-order valence-electron chi connectivity index (χ0n) is 29.2. The molecule has 0 fully saturated rings. The summed E-state index contributed by atoms with van der Waals surface area (Å²) in [6, 6.07) is 15.2. The van der Waals surface area contributed by atoms with Gasteiger partial charge in [-0.1, -0.05) is 48.5 Å². The van der Waals surface area contributed by atoms with E-state index >= 15 is 0 Å². The normalized spacial score (nSPS) is 12.5. The van der Waals surface area contributed by atoms with Crippen molar-refractivity contribution in [2.45, 2.75) is 31.2 Å². The molecule has 3 amide bonds. The fraction of sp³-hybridized carbons (Fsp3) is 0.556. The van der Waals surface area contributed by atoms with Gasteiger partial charge in [0, 0.05) is 39.0 Å². The SMILES string of the molecule is COCCOCCOCCOCCNC(=O)C(CCC(=O)O)NC(=O)CCOCCOCCNC(=O)OCC1c2ccccc2-c2ccccc21. The maximum Gasteiger partial charge on any atom is 0.407 e. The molecule has 15 heteroatoms. The summed E-state index contributed by atoms with van der Waals surface area (Å²) in [5.41, 5.74) is 4.61. The van der Waals surface area contributed by atoms with Gasteiger partial charge >= 0.3 is 12.1 Å². The summed E-state index contributed by atoms with van der Waals surface area (Å²) in [5, 5.41) is 17.0. The lowest BCUT2D eigenvalue weighted by Gasteiger charge is -2.18. The molecule has 0 aliphatic heterocycles. The number of nitrogens with one attached hydrogen (secondary N) is 3. The number of alkyl carbamates (subject to hydrolysis) is 1. The number of ether oxygens (including phenoxy) is 7. The minimum absolute atomic E-state index is 0.0172. The molecule has 0 saturated heterocycles. The van der Waals surface area contributed by atoms with E-state index < -0.39 is 29.9 Å². The van der Waals surface area contributed by atoms with Gasteiger partial charge in [-0.05, 0) is 28.7 Å². The number of amides is 3. The maximum atomic E-state index is 12.6. The van der Waals surface area contributed by atoms with Gasteiger partial charge in [0.15, 0.2) is 0 Å². The smallest absolute Gasteiger partial charge is 0.407 e. The fourth-order valence-corrected chi connectivity index (χ4v) is 5.22. The van der Waals surface area contributed by atoms with Crippen LogP contribution in [0.4, 0.5) is 4.79 Å². The summed E-state index contributed by atoms with van der Waals surface area (Å²) < 4.78 is 37.4. The van der Waals surface area contributed by atoms with Crippen molar-refractivity contribution in [3.8, 4) is 11.1 Å². The number of benzene rings is 2. The van der Waals surface area contributed by atoms with E-state index in [0.717, 1.165) is 22.3 Å². The first-order chi connectivity index (χ1) is 24.9. The molecule has 4 N–H and O–H groups in total. The van der Waals surface area contributed by atoms with Crippen molar-refractivity contribution in [1.29, 1.82) is 0 Å². The van der Waals surface area contributed by atoms with Crippen LogP contribution in [0, 0.1) is 0 Å². The number of carboxylic acid groups (broad SMARTS) is 1. The second-order valence-electron chi connectivity index (χ2n) is 11.4. The largest absolute Gasteiger partial charge is 0.481 e. The molecule has 0 heterocycles. The molecule has 1 atom stereocenters. The van der Waals surface area contributed by atoms with Gasteiger partial charge in [0.05, 0.1) is 72.7 Å². The van der Waals surface area contributed by atoms with Crippen LogP contribution < -0.4 is 16.0 Å². The van der Waals surface area contributed by atoms with Crippen LogP contribution in [-0.4, -0.2) is 135 Å². The topological polar surface area (TPSA) is 189 Å². The summed E-state index contributed by atoms with van der Waals surface area (Å²) in [6.07, 6.45) is -0.900. The molecule has 3 rings (SSSR count). The Labute approximate surface area is 298 Å². The van der Waals surface area contributed by atoms with Gasteiger partial charge in [0.2, 0.25) is 11.8 Å². The Morgan fingerprint density at radius 3 is 1.75 bits per heavy atom. The third-order valence-electron chi connectivity index (χ3n) is 7.72. The van der Waals surface area contributed by atoms with Gasteiger partial charge in [-0.25, -0.2) is 4.79 Å². The molecule has 2 aromatic carbocycles. The van der Waals surface area contributed by atoms with E-state index in [2.05, 4.69) is 40.2 Å². The number of carbonyl (C=O) groups excluding carboxylic acids is 3. The number of methoxy groups -OCH3 is 1. The Morgan fingerprint density at radius 2 is 1.18 bits per heavy atom. The summed E-state index contributed by atoms with van der Waals surface area (Å²) in [4.78, 5) is 48.4. The van der Waals surface area contributed by atoms with Crippen molar-refractivity contribution in [3.05, 3.63) is 59.7 Å². The van der Waals surface area contributed by atoms with Crippen LogP contribution in [0.2, 0.25) is 0 Å². The second kappa shape index (κ2) is 24.9. The predicted octanol–water partition coefficient (Wildman–Crippen LogP) is 2.11. The zero-order valence-corrected chi connectivity index (χ0v) is 29.2. The van der Waals surface area contributed by atoms with Crippen LogP contribution in [0.15, 0.2) is 48.5 Å². The van der Waals surface area contributed by atoms with Crippen molar-refractivity contribution < 1.29 is 57.4 Å². The van der Waals surface area contributed by atoms with Crippen LogP contribution in [0.1, 0.15) is 36.3 Å². The predicted molar refractivity (Wildman–Crippen MR) is 185 cm³/mol. The highest BCUT2D eigenvalue weighted by Gasteiger charge is 2.29. The third-order valence-corrected chi connectivity index (χ3v) is 7.72. The lowest BCUT2D eigenvalue weighted by atomic mass is 9.98. The highest BCUT2D eigenvalue weighted by Crippen LogP contribution is 2.44. The molecule has 1 aliphatic rings. The molecule has 0 aromatic heterocycles. The van der Waals surface area contributed by atoms with Gasteiger partial charge in [0.1, 0.15) is 12.6 Å². The molecule has 0 spiro atoms. The molecular formula is C36H51N3O12. The summed E-state index contributed by atoms with van der Waals surface area (Å²) in [7, 11) is 1.60. The second-order valence-corrected chi connectivity index (χ2v) is 11.4. The van der Waals surface area contributed by atoms with Crippen molar-refractivity contribution in [2.75, 3.05) is 99.5 Å². The minimum Gasteiger partial charge on any atom is -0.481 e. The highest BCUT2D eigenvalue weighted by molar-refractivity contribution is 5.88. The highest BCUT2D eigenvalue weighted by atomic mass is 16.6. The molecule has 0 bridgehead atoms. The van der Waals surface area contributed by atoms with Crippen molar-refractivity contribution in [1.82, 2.24) is 16.0 Å². The number of fused-ring (bicyclic) bond motifs is 3.